The van der Waals surface area contributed by atoms with E-state index in [0.717, 1.165) is 0 Å². The number of amides is 1. The highest BCUT2D eigenvalue weighted by molar-refractivity contribution is 7.89. The molecule has 2 aromatic carbocycles. The van der Waals surface area contributed by atoms with E-state index in [-0.39, 0.29) is 30.4 Å². The fraction of sp³-hybridized carbons (Fsp3) is 0.409. The highest BCUT2D eigenvalue weighted by Gasteiger charge is 2.30. The Morgan fingerprint density at radius 1 is 0.970 bits per heavy atom. The molecule has 0 radical (unpaired) electrons. The van der Waals surface area contributed by atoms with Gasteiger partial charge in [0.25, 0.3) is 0 Å². The van der Waals surface area contributed by atoms with Crippen LogP contribution in [0.1, 0.15) is 0 Å². The van der Waals surface area contributed by atoms with Gasteiger partial charge in [-0.15, -0.1) is 0 Å². The molecule has 2 aliphatic rings. The number of ether oxygens (including phenoxy) is 4. The molecule has 0 bridgehead atoms. The van der Waals surface area contributed by atoms with E-state index >= 15 is 0 Å². The molecule has 33 heavy (non-hydrogen) atoms. The van der Waals surface area contributed by atoms with Crippen molar-refractivity contribution < 1.29 is 32.2 Å². The van der Waals surface area contributed by atoms with Crippen molar-refractivity contribution >= 4 is 21.6 Å². The summed E-state index contributed by atoms with van der Waals surface area (Å²) in [6, 6.07) is 9.81. The van der Waals surface area contributed by atoms with E-state index in [1.165, 1.54) is 23.5 Å². The van der Waals surface area contributed by atoms with Crippen LogP contribution in [-0.2, 0) is 14.8 Å². The van der Waals surface area contributed by atoms with Crippen LogP contribution in [0.5, 0.6) is 23.0 Å². The monoisotopic (exact) mass is 477 g/mol. The van der Waals surface area contributed by atoms with Crippen molar-refractivity contribution in [1.29, 1.82) is 0 Å². The summed E-state index contributed by atoms with van der Waals surface area (Å²) in [5.41, 5.74) is 0.515. The number of rotatable bonds is 7. The van der Waals surface area contributed by atoms with Crippen LogP contribution >= 0.6 is 0 Å². The van der Waals surface area contributed by atoms with E-state index in [4.69, 9.17) is 18.9 Å². The Labute approximate surface area is 193 Å². The van der Waals surface area contributed by atoms with Crippen molar-refractivity contribution in [2.24, 2.45) is 0 Å². The first-order valence-electron chi connectivity index (χ1n) is 10.5. The standard InChI is InChI=1S/C22H27N3O7S/c1-29-16-3-5-19(30-2)18(13-16)23-22(26)15-24-7-9-25(10-8-24)33(27,28)17-4-6-20-21(14-17)32-12-11-31-20/h3-6,13-14H,7-12,15H2,1-2H3,(H,23,26). The number of piperazine rings is 1. The first-order chi connectivity index (χ1) is 15.9. The van der Waals surface area contributed by atoms with Gasteiger partial charge < -0.3 is 24.3 Å². The van der Waals surface area contributed by atoms with Crippen molar-refractivity contribution in [3.05, 3.63) is 36.4 Å². The first kappa shape index (κ1) is 23.1. The van der Waals surface area contributed by atoms with Crippen LogP contribution in [0.4, 0.5) is 5.69 Å². The van der Waals surface area contributed by atoms with Crippen LogP contribution in [0.3, 0.4) is 0 Å². The zero-order valence-corrected chi connectivity index (χ0v) is 19.4. The molecular formula is C22H27N3O7S. The summed E-state index contributed by atoms with van der Waals surface area (Å²) >= 11 is 0. The predicted molar refractivity (Wildman–Crippen MR) is 121 cm³/mol. The number of hydrogen-bond acceptors (Lipinski definition) is 8. The summed E-state index contributed by atoms with van der Waals surface area (Å²) in [6.07, 6.45) is 0. The van der Waals surface area contributed by atoms with Gasteiger partial charge in [-0.2, -0.15) is 4.31 Å². The van der Waals surface area contributed by atoms with Gasteiger partial charge in [0.05, 0.1) is 31.3 Å². The summed E-state index contributed by atoms with van der Waals surface area (Å²) in [4.78, 5) is 14.7. The van der Waals surface area contributed by atoms with E-state index in [1.54, 1.807) is 31.4 Å². The van der Waals surface area contributed by atoms with Crippen molar-refractivity contribution in [3.63, 3.8) is 0 Å². The molecule has 2 heterocycles. The third kappa shape index (κ3) is 5.15. The van der Waals surface area contributed by atoms with Gasteiger partial charge in [0.1, 0.15) is 24.7 Å². The van der Waals surface area contributed by atoms with E-state index in [9.17, 15) is 13.2 Å². The molecule has 1 fully saturated rings. The molecule has 1 saturated heterocycles. The average molecular weight is 478 g/mol. The number of anilines is 1. The maximum atomic E-state index is 13.1. The van der Waals surface area contributed by atoms with Crippen LogP contribution < -0.4 is 24.3 Å². The molecule has 0 unspecified atom stereocenters. The molecule has 4 rings (SSSR count). The molecule has 0 aliphatic carbocycles. The molecule has 11 heteroatoms. The zero-order chi connectivity index (χ0) is 23.4. The van der Waals surface area contributed by atoms with E-state index < -0.39 is 10.0 Å². The molecule has 0 saturated carbocycles. The van der Waals surface area contributed by atoms with Gasteiger partial charge in [0.15, 0.2) is 11.5 Å². The molecule has 0 aromatic heterocycles. The maximum absolute atomic E-state index is 13.1. The summed E-state index contributed by atoms with van der Waals surface area (Å²) in [5, 5.41) is 2.84. The lowest BCUT2D eigenvalue weighted by Gasteiger charge is -2.33. The van der Waals surface area contributed by atoms with Crippen LogP contribution in [-0.4, -0.2) is 83.7 Å². The smallest absolute Gasteiger partial charge is 0.243 e. The molecule has 2 aromatic rings. The molecule has 2 aliphatic heterocycles. The van der Waals surface area contributed by atoms with Gasteiger partial charge >= 0.3 is 0 Å². The normalized spacial score (nSPS) is 16.8. The minimum atomic E-state index is -3.67. The minimum absolute atomic E-state index is 0.137. The molecule has 0 atom stereocenters. The Morgan fingerprint density at radius 2 is 1.70 bits per heavy atom. The molecule has 1 amide bonds. The Morgan fingerprint density at radius 3 is 2.39 bits per heavy atom. The summed E-state index contributed by atoms with van der Waals surface area (Å²) in [7, 11) is -0.598. The Kier molecular flexibility index (Phi) is 6.91. The van der Waals surface area contributed by atoms with E-state index in [1.807, 2.05) is 4.90 Å². The van der Waals surface area contributed by atoms with Crippen LogP contribution in [0.15, 0.2) is 41.3 Å². The lowest BCUT2D eigenvalue weighted by Crippen LogP contribution is -2.50. The summed E-state index contributed by atoms with van der Waals surface area (Å²) in [6.45, 7) is 2.41. The number of hydrogen-bond donors (Lipinski definition) is 1. The number of nitrogens with zero attached hydrogens (tertiary/aromatic N) is 2. The first-order valence-corrected chi connectivity index (χ1v) is 12.0. The van der Waals surface area contributed by atoms with Gasteiger partial charge in [-0.25, -0.2) is 8.42 Å². The van der Waals surface area contributed by atoms with Gasteiger partial charge in [-0.3, -0.25) is 9.69 Å². The second-order valence-corrected chi connectivity index (χ2v) is 9.54. The predicted octanol–water partition coefficient (Wildman–Crippen LogP) is 1.42. The Bertz CT molecular complexity index is 1110. The quantitative estimate of drug-likeness (QED) is 0.638. The lowest BCUT2D eigenvalue weighted by molar-refractivity contribution is -0.117. The van der Waals surface area contributed by atoms with E-state index in [2.05, 4.69) is 5.32 Å². The summed E-state index contributed by atoms with van der Waals surface area (Å²) < 4.78 is 49.1. The third-order valence-corrected chi connectivity index (χ3v) is 7.43. The van der Waals surface area contributed by atoms with Crippen molar-refractivity contribution in [3.8, 4) is 23.0 Å². The Balaban J connectivity index is 1.35. The molecular weight excluding hydrogens is 450 g/mol. The van der Waals surface area contributed by atoms with E-state index in [0.29, 0.717) is 55.0 Å². The number of carbonyl (C=O) groups excluding carboxylic acids is 1. The number of carbonyl (C=O) groups is 1. The van der Waals surface area contributed by atoms with Crippen LogP contribution in [0, 0.1) is 0 Å². The highest BCUT2D eigenvalue weighted by Crippen LogP contribution is 2.33. The molecule has 178 valence electrons. The molecule has 0 spiro atoms. The topological polar surface area (TPSA) is 107 Å². The SMILES string of the molecule is COc1ccc(OC)c(NC(=O)CN2CCN(S(=O)(=O)c3ccc4c(c3)OCCO4)CC2)c1. The Hall–Kier alpha value is -3.02. The number of sulfonamides is 1. The second-order valence-electron chi connectivity index (χ2n) is 7.60. The fourth-order valence-corrected chi connectivity index (χ4v) is 5.20. The fourth-order valence-electron chi connectivity index (χ4n) is 3.77. The summed E-state index contributed by atoms with van der Waals surface area (Å²) in [5.74, 6) is 1.89. The van der Waals surface area contributed by atoms with Gasteiger partial charge in [0, 0.05) is 38.3 Å². The number of nitrogens with one attached hydrogen (secondary N) is 1. The van der Waals surface area contributed by atoms with Crippen molar-refractivity contribution in [2.45, 2.75) is 4.90 Å². The van der Waals surface area contributed by atoms with Gasteiger partial charge in [0.2, 0.25) is 15.9 Å². The van der Waals surface area contributed by atoms with Crippen LogP contribution in [0.2, 0.25) is 0 Å². The third-order valence-electron chi connectivity index (χ3n) is 5.53. The van der Waals surface area contributed by atoms with Crippen molar-refractivity contribution in [1.82, 2.24) is 9.21 Å². The van der Waals surface area contributed by atoms with Crippen molar-refractivity contribution in [2.75, 3.05) is 65.5 Å². The largest absolute Gasteiger partial charge is 0.497 e. The molecule has 10 nitrogen and oxygen atoms in total. The second kappa shape index (κ2) is 9.86. The highest BCUT2D eigenvalue weighted by atomic mass is 32.2. The van der Waals surface area contributed by atoms with Gasteiger partial charge in [-0.05, 0) is 24.3 Å². The average Bonchev–Trinajstić information content (AvgIpc) is 2.84. The van der Waals surface area contributed by atoms with Crippen LogP contribution in [0.25, 0.3) is 0 Å². The minimum Gasteiger partial charge on any atom is -0.497 e. The number of fused-ring (bicyclic) bond motifs is 1. The van der Waals surface area contributed by atoms with Gasteiger partial charge in [-0.1, -0.05) is 0 Å². The molecule has 1 N–H and O–H groups in total. The maximum Gasteiger partial charge on any atom is 0.243 e. The lowest BCUT2D eigenvalue weighted by atomic mass is 10.2. The number of benzene rings is 2. The zero-order valence-electron chi connectivity index (χ0n) is 18.6. The number of methoxy groups -OCH3 is 2.